The molecule has 0 bridgehead atoms. The minimum atomic E-state index is -0.674. The monoisotopic (exact) mass is 1150 g/mol. The predicted molar refractivity (Wildman–Crippen MR) is 369 cm³/mol. The lowest BCUT2D eigenvalue weighted by molar-refractivity contribution is 0.418. The van der Waals surface area contributed by atoms with Crippen molar-refractivity contribution < 1.29 is 9.47 Å². The highest BCUT2D eigenvalue weighted by molar-refractivity contribution is 6.07. The van der Waals surface area contributed by atoms with Crippen molar-refractivity contribution in [2.24, 2.45) is 0 Å². The van der Waals surface area contributed by atoms with E-state index in [-0.39, 0.29) is 10.8 Å². The molecule has 19 rings (SSSR count). The molecule has 0 fully saturated rings. The van der Waals surface area contributed by atoms with Crippen molar-refractivity contribution in [2.45, 2.75) is 49.4 Å². The zero-order valence-corrected chi connectivity index (χ0v) is 50.5. The van der Waals surface area contributed by atoms with Gasteiger partial charge in [0.25, 0.3) is 0 Å². The van der Waals surface area contributed by atoms with E-state index >= 15 is 0 Å². The molecule has 424 valence electrons. The molecule has 0 aromatic heterocycles. The summed E-state index contributed by atoms with van der Waals surface area (Å²) in [6, 6.07) is 110. The third-order valence-electron chi connectivity index (χ3n) is 21.4. The predicted octanol–water partition coefficient (Wildman–Crippen LogP) is 22.6. The van der Waals surface area contributed by atoms with Gasteiger partial charge in [-0.15, -0.1) is 0 Å². The topological polar surface area (TPSA) is 18.5 Å². The van der Waals surface area contributed by atoms with Crippen molar-refractivity contribution in [1.29, 1.82) is 0 Å². The number of para-hydroxylation sites is 2. The molecule has 2 heteroatoms. The third-order valence-corrected chi connectivity index (χ3v) is 21.4. The van der Waals surface area contributed by atoms with Crippen LogP contribution in [0.2, 0.25) is 0 Å². The first kappa shape index (κ1) is 51.3. The lowest BCUT2D eigenvalue weighted by atomic mass is 9.64. The van der Waals surface area contributed by atoms with E-state index < -0.39 is 10.8 Å². The van der Waals surface area contributed by atoms with Crippen molar-refractivity contribution >= 4 is 21.5 Å². The lowest BCUT2D eigenvalue weighted by Crippen LogP contribution is -2.30. The Morgan fingerprint density at radius 3 is 1.34 bits per heavy atom. The van der Waals surface area contributed by atoms with Crippen LogP contribution in [-0.2, 0) is 21.7 Å². The smallest absolute Gasteiger partial charge is 0.132 e. The molecule has 5 aliphatic rings. The highest BCUT2D eigenvalue weighted by Gasteiger charge is 2.54. The Labute approximate surface area is 525 Å². The maximum Gasteiger partial charge on any atom is 0.132 e. The van der Waals surface area contributed by atoms with Crippen LogP contribution in [-0.4, -0.2) is 0 Å². The Balaban J connectivity index is 0.812. The lowest BCUT2D eigenvalue weighted by Gasteiger charge is -2.39. The van der Waals surface area contributed by atoms with Crippen molar-refractivity contribution in [3.05, 3.63) is 358 Å². The number of rotatable bonds is 5. The minimum absolute atomic E-state index is 0.300. The SMILES string of the molecule is CC1(C)c2ccccc2Oc2cccc(-c3ccc4c(c3)C3(c5ccccc5-c5cc(-c6cccc7cc8c(cc67)-c6ccccc6C8(c6ccccc6)c6ccccc6-c6cccc7c6C(C)(C)c6ccccc6O7)ccc53)c3c-4ccc4ccccc34)c21. The largest absolute Gasteiger partial charge is 0.457 e. The highest BCUT2D eigenvalue weighted by Crippen LogP contribution is 2.66. The molecule has 90 heavy (non-hydrogen) atoms. The zero-order chi connectivity index (χ0) is 59.8. The number of hydrogen-bond donors (Lipinski definition) is 0. The van der Waals surface area contributed by atoms with Crippen LogP contribution in [0.15, 0.2) is 291 Å². The Morgan fingerprint density at radius 1 is 0.222 bits per heavy atom. The Hall–Kier alpha value is -10.8. The van der Waals surface area contributed by atoms with Crippen LogP contribution in [0.25, 0.3) is 88.3 Å². The van der Waals surface area contributed by atoms with Gasteiger partial charge in [0, 0.05) is 33.1 Å². The van der Waals surface area contributed by atoms with Gasteiger partial charge >= 0.3 is 0 Å². The summed E-state index contributed by atoms with van der Waals surface area (Å²) in [7, 11) is 0. The van der Waals surface area contributed by atoms with Crippen LogP contribution in [0.1, 0.15) is 94.5 Å². The quantitative estimate of drug-likeness (QED) is 0.171. The van der Waals surface area contributed by atoms with Gasteiger partial charge in [-0.3, -0.25) is 0 Å². The summed E-state index contributed by atoms with van der Waals surface area (Å²) >= 11 is 0. The summed E-state index contributed by atoms with van der Waals surface area (Å²) in [5.74, 6) is 3.67. The summed E-state index contributed by atoms with van der Waals surface area (Å²) in [5.41, 5.74) is 28.0. The number of benzene rings is 14. The summed E-state index contributed by atoms with van der Waals surface area (Å²) in [6.45, 7) is 9.40. The Bertz CT molecular complexity index is 5450. The van der Waals surface area contributed by atoms with E-state index in [0.717, 1.165) is 23.0 Å². The van der Waals surface area contributed by atoms with Gasteiger partial charge in [0.15, 0.2) is 0 Å². The summed E-state index contributed by atoms with van der Waals surface area (Å²) in [4.78, 5) is 0. The van der Waals surface area contributed by atoms with Gasteiger partial charge in [-0.25, -0.2) is 0 Å². The first-order chi connectivity index (χ1) is 44.1. The number of ether oxygens (including phenoxy) is 2. The van der Waals surface area contributed by atoms with Gasteiger partial charge in [-0.05, 0) is 181 Å². The molecule has 14 aromatic carbocycles. The normalized spacial score (nSPS) is 17.6. The highest BCUT2D eigenvalue weighted by atomic mass is 16.5. The van der Waals surface area contributed by atoms with Crippen molar-refractivity contribution in [3.63, 3.8) is 0 Å². The molecule has 1 spiro atoms. The van der Waals surface area contributed by atoms with Crippen molar-refractivity contribution in [1.82, 2.24) is 0 Å². The van der Waals surface area contributed by atoms with Crippen molar-refractivity contribution in [2.75, 3.05) is 0 Å². The summed E-state index contributed by atoms with van der Waals surface area (Å²) in [6.07, 6.45) is 0. The minimum Gasteiger partial charge on any atom is -0.457 e. The van der Waals surface area contributed by atoms with E-state index in [0.29, 0.717) is 0 Å². The molecule has 0 N–H and O–H groups in total. The van der Waals surface area contributed by atoms with Crippen molar-refractivity contribution in [3.8, 4) is 89.8 Å². The summed E-state index contributed by atoms with van der Waals surface area (Å²) in [5, 5.41) is 4.96. The van der Waals surface area contributed by atoms with Gasteiger partial charge in [-0.2, -0.15) is 0 Å². The first-order valence-corrected chi connectivity index (χ1v) is 31.7. The number of hydrogen-bond acceptors (Lipinski definition) is 2. The van der Waals surface area contributed by atoms with Gasteiger partial charge in [-0.1, -0.05) is 270 Å². The van der Waals surface area contributed by atoms with E-state index in [1.165, 1.54) is 155 Å². The average Bonchev–Trinajstić information content (AvgIpc) is 1.47. The Kier molecular flexibility index (Phi) is 10.5. The molecule has 0 saturated heterocycles. The van der Waals surface area contributed by atoms with Gasteiger partial charge in [0.2, 0.25) is 0 Å². The van der Waals surface area contributed by atoms with E-state index in [9.17, 15) is 0 Å². The van der Waals surface area contributed by atoms with Gasteiger partial charge in [0.1, 0.15) is 23.0 Å². The molecule has 14 aromatic rings. The van der Waals surface area contributed by atoms with Gasteiger partial charge in [0.05, 0.1) is 10.8 Å². The fraction of sp³-hybridized carbons (Fsp3) is 0.0909. The fourth-order valence-electron chi connectivity index (χ4n) is 17.7. The van der Waals surface area contributed by atoms with E-state index in [1.54, 1.807) is 0 Å². The van der Waals surface area contributed by atoms with Crippen LogP contribution in [0.3, 0.4) is 0 Å². The molecule has 3 aliphatic carbocycles. The molecule has 0 amide bonds. The van der Waals surface area contributed by atoms with Crippen LogP contribution in [0.5, 0.6) is 23.0 Å². The molecule has 2 heterocycles. The third kappa shape index (κ3) is 6.62. The van der Waals surface area contributed by atoms with Crippen LogP contribution >= 0.6 is 0 Å². The Morgan fingerprint density at radius 2 is 0.656 bits per heavy atom. The molecular weight excluding hydrogens is 1090 g/mol. The van der Waals surface area contributed by atoms with E-state index in [2.05, 4.69) is 319 Å². The van der Waals surface area contributed by atoms with E-state index in [4.69, 9.17) is 9.47 Å². The van der Waals surface area contributed by atoms with Crippen LogP contribution in [0, 0.1) is 0 Å². The summed E-state index contributed by atoms with van der Waals surface area (Å²) < 4.78 is 13.6. The maximum absolute atomic E-state index is 6.81. The average molecular weight is 1150 g/mol. The number of fused-ring (bicyclic) bond motifs is 20. The zero-order valence-electron chi connectivity index (χ0n) is 50.5. The second-order valence-electron chi connectivity index (χ2n) is 26.5. The molecular formula is C88H60O2. The van der Waals surface area contributed by atoms with Crippen LogP contribution in [0.4, 0.5) is 0 Å². The molecule has 2 atom stereocenters. The maximum atomic E-state index is 6.81. The molecule has 0 radical (unpaired) electrons. The fourth-order valence-corrected chi connectivity index (χ4v) is 17.7. The van der Waals surface area contributed by atoms with E-state index in [1.807, 2.05) is 0 Å². The second-order valence-corrected chi connectivity index (χ2v) is 26.5. The molecule has 2 unspecified atom stereocenters. The van der Waals surface area contributed by atoms with Gasteiger partial charge < -0.3 is 9.47 Å². The molecule has 2 aliphatic heterocycles. The second kappa shape index (κ2) is 18.4. The molecule has 0 saturated carbocycles. The van der Waals surface area contributed by atoms with Crippen LogP contribution < -0.4 is 9.47 Å². The molecule has 2 nitrogen and oxygen atoms in total. The first-order valence-electron chi connectivity index (χ1n) is 31.7. The standard InChI is InChI=1S/C88H60O2/c1-85(2)74-37-16-18-39-78(74)89-80-41-21-32-60(83(80)85)56-44-46-64-66-47-43-53-23-8-9-27-59(53)82(66)88(76(64)51-56)72-36-15-12-29-62(72)68-49-55(45-48-73(68)88)58-31-20-24-54-50-77-69(52-67(54)58)63-30-11-14-35-71(63)87(77,57-25-6-5-7-26-57)70-34-13-10-28-61(70)65-33-22-42-81-84(65)86(3,4)75-38-17-19-40-79(75)90-81/h5-52H,1-4H3.